The number of rotatable bonds is 34. The molecule has 5 nitrogen and oxygen atoms in total. The molecule has 0 radical (unpaired) electrons. The molecule has 0 rings (SSSR count). The summed E-state index contributed by atoms with van der Waals surface area (Å²) in [6.45, 7) is 4.01. The zero-order chi connectivity index (χ0) is 35.0. The molecule has 0 aliphatic heterocycles. The number of carbonyl (C=O) groups is 2. The van der Waals surface area contributed by atoms with Gasteiger partial charge in [-0.05, 0) is 77.0 Å². The van der Waals surface area contributed by atoms with E-state index < -0.39 is 6.10 Å². The normalized spacial score (nSPS) is 13.0. The lowest BCUT2D eigenvalue weighted by Crippen LogP contribution is -2.28. The number of carbonyl (C=O) groups excluding carboxylic acids is 2. The van der Waals surface area contributed by atoms with Gasteiger partial charge >= 0.3 is 11.9 Å². The fourth-order valence-electron chi connectivity index (χ4n) is 5.00. The van der Waals surface area contributed by atoms with E-state index in [9.17, 15) is 14.7 Å². The molecular weight excluding hydrogens is 596 g/mol. The van der Waals surface area contributed by atoms with E-state index in [1.807, 2.05) is 6.08 Å². The van der Waals surface area contributed by atoms with Crippen LogP contribution < -0.4 is 0 Å². The van der Waals surface area contributed by atoms with Gasteiger partial charge in [-0.1, -0.05) is 151 Å². The number of aliphatic hydroxyl groups is 1. The van der Waals surface area contributed by atoms with Crippen LogP contribution in [-0.4, -0.2) is 36.4 Å². The van der Waals surface area contributed by atoms with E-state index in [4.69, 9.17) is 9.47 Å². The molecule has 5 heteroatoms. The maximum absolute atomic E-state index is 12.2. The number of hydrogen-bond donors (Lipinski definition) is 1. The largest absolute Gasteiger partial charge is 0.462 e. The van der Waals surface area contributed by atoms with Crippen molar-refractivity contribution in [1.29, 1.82) is 0 Å². The monoisotopic (exact) mass is 669 g/mol. The van der Waals surface area contributed by atoms with Crippen LogP contribution in [0.1, 0.15) is 168 Å². The summed E-state index contributed by atoms with van der Waals surface area (Å²) in [6, 6.07) is 0. The predicted molar refractivity (Wildman–Crippen MR) is 205 cm³/mol. The number of hydrogen-bond acceptors (Lipinski definition) is 5. The summed E-state index contributed by atoms with van der Waals surface area (Å²) in [5, 5.41) is 9.53. The Kier molecular flexibility index (Phi) is 36.6. The van der Waals surface area contributed by atoms with Crippen LogP contribution in [0.15, 0.2) is 72.9 Å². The van der Waals surface area contributed by atoms with Crippen molar-refractivity contribution in [3.05, 3.63) is 72.9 Å². The highest BCUT2D eigenvalue weighted by Crippen LogP contribution is 2.10. The lowest BCUT2D eigenvalue weighted by Gasteiger charge is -2.15. The minimum absolute atomic E-state index is 0.108. The lowest BCUT2D eigenvalue weighted by atomic mass is 10.1. The van der Waals surface area contributed by atoms with Crippen LogP contribution in [0, 0.1) is 0 Å². The van der Waals surface area contributed by atoms with Crippen LogP contribution in [-0.2, 0) is 19.1 Å². The third-order valence-corrected chi connectivity index (χ3v) is 7.99. The van der Waals surface area contributed by atoms with Gasteiger partial charge in [-0.2, -0.15) is 0 Å². The molecule has 1 N–H and O–H groups in total. The first-order valence-electron chi connectivity index (χ1n) is 19.5. The molecular formula is C43H72O5. The van der Waals surface area contributed by atoms with Gasteiger partial charge in [0.2, 0.25) is 0 Å². The van der Waals surface area contributed by atoms with Gasteiger partial charge in [-0.3, -0.25) is 9.59 Å². The van der Waals surface area contributed by atoms with Gasteiger partial charge in [0.1, 0.15) is 6.61 Å². The Bertz CT molecular complexity index is 895. The standard InChI is InChI=1S/C43H72O5/c1-3-5-7-9-11-13-15-17-18-19-20-21-22-23-24-26-28-30-32-34-36-38-43(46)48-41(39-44)40-47-42(45)37-35-33-31-29-27-25-16-14-12-10-8-6-4-2/h11,13,17-18,20-21,23-25,27,31,33,41,44H,3-10,12,14-16,19,22,26,28-30,32,34-40H2,1-2H3/b13-11+,18-17+,21-20+,24-23+,27-25+,33-31+. The molecule has 0 aliphatic rings. The van der Waals surface area contributed by atoms with Crippen molar-refractivity contribution in [3.8, 4) is 0 Å². The molecule has 1 atom stereocenters. The Morgan fingerprint density at radius 2 is 0.875 bits per heavy atom. The van der Waals surface area contributed by atoms with E-state index in [1.54, 1.807) is 0 Å². The maximum atomic E-state index is 12.2. The van der Waals surface area contributed by atoms with Gasteiger partial charge in [-0.15, -0.1) is 0 Å². The Morgan fingerprint density at radius 3 is 1.38 bits per heavy atom. The van der Waals surface area contributed by atoms with Crippen molar-refractivity contribution in [2.75, 3.05) is 13.2 Å². The second-order valence-corrected chi connectivity index (χ2v) is 12.6. The van der Waals surface area contributed by atoms with E-state index in [-0.39, 0.29) is 31.6 Å². The zero-order valence-corrected chi connectivity index (χ0v) is 31.0. The average Bonchev–Trinajstić information content (AvgIpc) is 3.09. The molecule has 274 valence electrons. The Labute approximate surface area is 295 Å². The molecule has 0 amide bonds. The molecule has 0 aliphatic carbocycles. The molecule has 0 aromatic carbocycles. The molecule has 0 aromatic rings. The van der Waals surface area contributed by atoms with Gasteiger partial charge in [-0.25, -0.2) is 0 Å². The summed E-state index contributed by atoms with van der Waals surface area (Å²) in [5.74, 6) is -0.697. The average molecular weight is 669 g/mol. The predicted octanol–water partition coefficient (Wildman–Crippen LogP) is 12.2. The van der Waals surface area contributed by atoms with Gasteiger partial charge < -0.3 is 14.6 Å². The van der Waals surface area contributed by atoms with Crippen molar-refractivity contribution in [3.63, 3.8) is 0 Å². The SMILES string of the molecule is CCCCC/C=C/C/C=C/C/C=C/C/C=C/CCCCCCCC(=O)OC(CO)COC(=O)CC/C=C/C/C=C/CCCCCCCC. The summed E-state index contributed by atoms with van der Waals surface area (Å²) in [6.07, 6.45) is 51.1. The van der Waals surface area contributed by atoms with Crippen LogP contribution in [0.25, 0.3) is 0 Å². The van der Waals surface area contributed by atoms with E-state index in [1.165, 1.54) is 64.2 Å². The van der Waals surface area contributed by atoms with Crippen molar-refractivity contribution < 1.29 is 24.2 Å². The molecule has 0 spiro atoms. The minimum Gasteiger partial charge on any atom is -0.462 e. The van der Waals surface area contributed by atoms with E-state index in [0.29, 0.717) is 12.8 Å². The number of aliphatic hydroxyl groups excluding tert-OH is 1. The number of allylic oxidation sites excluding steroid dienone is 12. The molecule has 0 aromatic heterocycles. The van der Waals surface area contributed by atoms with Crippen LogP contribution in [0.5, 0.6) is 0 Å². The van der Waals surface area contributed by atoms with Crippen LogP contribution in [0.4, 0.5) is 0 Å². The number of unbranched alkanes of at least 4 members (excludes halogenated alkanes) is 14. The minimum atomic E-state index is -0.806. The highest BCUT2D eigenvalue weighted by atomic mass is 16.6. The van der Waals surface area contributed by atoms with Gasteiger partial charge in [0, 0.05) is 12.8 Å². The number of esters is 2. The van der Waals surface area contributed by atoms with Gasteiger partial charge in [0.15, 0.2) is 6.10 Å². The highest BCUT2D eigenvalue weighted by Gasteiger charge is 2.15. The second-order valence-electron chi connectivity index (χ2n) is 12.6. The van der Waals surface area contributed by atoms with Crippen molar-refractivity contribution in [2.45, 2.75) is 174 Å². The first-order valence-corrected chi connectivity index (χ1v) is 19.5. The van der Waals surface area contributed by atoms with Crippen LogP contribution in [0.3, 0.4) is 0 Å². The molecule has 0 bridgehead atoms. The van der Waals surface area contributed by atoms with Crippen molar-refractivity contribution >= 4 is 11.9 Å². The number of ether oxygens (including phenoxy) is 2. The molecule has 0 fully saturated rings. The quantitative estimate of drug-likeness (QED) is 0.0420. The van der Waals surface area contributed by atoms with E-state index >= 15 is 0 Å². The summed E-state index contributed by atoms with van der Waals surface area (Å²) >= 11 is 0. The fraction of sp³-hybridized carbons (Fsp3) is 0.674. The topological polar surface area (TPSA) is 72.8 Å². The fourth-order valence-corrected chi connectivity index (χ4v) is 5.00. The highest BCUT2D eigenvalue weighted by molar-refractivity contribution is 5.70. The Hall–Kier alpha value is -2.66. The van der Waals surface area contributed by atoms with Crippen molar-refractivity contribution in [1.82, 2.24) is 0 Å². The molecule has 0 saturated heterocycles. The van der Waals surface area contributed by atoms with Crippen molar-refractivity contribution in [2.24, 2.45) is 0 Å². The van der Waals surface area contributed by atoms with Crippen LogP contribution in [0.2, 0.25) is 0 Å². The van der Waals surface area contributed by atoms with Crippen LogP contribution >= 0.6 is 0 Å². The Morgan fingerprint density at radius 1 is 0.479 bits per heavy atom. The lowest BCUT2D eigenvalue weighted by molar-refractivity contribution is -0.161. The van der Waals surface area contributed by atoms with E-state index in [2.05, 4.69) is 80.7 Å². The summed E-state index contributed by atoms with van der Waals surface area (Å²) in [4.78, 5) is 24.2. The molecule has 1 unspecified atom stereocenters. The molecule has 0 heterocycles. The smallest absolute Gasteiger partial charge is 0.306 e. The molecule has 48 heavy (non-hydrogen) atoms. The second kappa shape index (κ2) is 38.8. The summed E-state index contributed by atoms with van der Waals surface area (Å²) < 4.78 is 10.5. The van der Waals surface area contributed by atoms with Gasteiger partial charge in [0.05, 0.1) is 6.61 Å². The third-order valence-electron chi connectivity index (χ3n) is 7.99. The maximum Gasteiger partial charge on any atom is 0.306 e. The Balaban J connectivity index is 3.70. The molecule has 0 saturated carbocycles. The first kappa shape index (κ1) is 45.3. The zero-order valence-electron chi connectivity index (χ0n) is 31.0. The van der Waals surface area contributed by atoms with E-state index in [0.717, 1.165) is 70.6 Å². The first-order chi connectivity index (χ1) is 23.6. The summed E-state index contributed by atoms with van der Waals surface area (Å²) in [5.41, 5.74) is 0. The summed E-state index contributed by atoms with van der Waals surface area (Å²) in [7, 11) is 0. The van der Waals surface area contributed by atoms with Gasteiger partial charge in [0.25, 0.3) is 0 Å². The third kappa shape index (κ3) is 36.2.